The Morgan fingerprint density at radius 2 is 2.10 bits per heavy atom. The second-order valence-electron chi connectivity index (χ2n) is 2.56. The molecule has 0 spiro atoms. The largest absolute Gasteiger partial charge is 0.307 e. The summed E-state index contributed by atoms with van der Waals surface area (Å²) in [5.74, 6) is -0.0914. The molecule has 1 heterocycles. The SMILES string of the molecule is O=CC1CCCNC1C=O. The molecule has 0 aromatic carbocycles. The van der Waals surface area contributed by atoms with Crippen molar-refractivity contribution in [3.63, 3.8) is 0 Å². The molecule has 2 unspecified atom stereocenters. The van der Waals surface area contributed by atoms with E-state index in [9.17, 15) is 9.59 Å². The highest BCUT2D eigenvalue weighted by Gasteiger charge is 2.22. The summed E-state index contributed by atoms with van der Waals surface area (Å²) in [5.41, 5.74) is 0. The normalized spacial score (nSPS) is 33.2. The van der Waals surface area contributed by atoms with Crippen molar-refractivity contribution in [1.82, 2.24) is 5.32 Å². The molecule has 1 rings (SSSR count). The van der Waals surface area contributed by atoms with Crippen molar-refractivity contribution in [2.45, 2.75) is 18.9 Å². The third-order valence-electron chi connectivity index (χ3n) is 1.88. The molecule has 10 heavy (non-hydrogen) atoms. The highest BCUT2D eigenvalue weighted by atomic mass is 16.1. The van der Waals surface area contributed by atoms with Crippen LogP contribution in [0, 0.1) is 5.92 Å². The van der Waals surface area contributed by atoms with Crippen LogP contribution in [0.25, 0.3) is 0 Å². The molecule has 1 aliphatic rings. The standard InChI is InChI=1S/C7H11NO2/c9-4-6-2-1-3-8-7(6)5-10/h4-8H,1-3H2. The van der Waals surface area contributed by atoms with E-state index in [1.807, 2.05) is 0 Å². The molecule has 0 aromatic heterocycles. The number of carbonyl (C=O) groups excluding carboxylic acids is 2. The van der Waals surface area contributed by atoms with Gasteiger partial charge in [0.15, 0.2) is 0 Å². The lowest BCUT2D eigenvalue weighted by atomic mass is 9.93. The summed E-state index contributed by atoms with van der Waals surface area (Å²) in [4.78, 5) is 20.6. The Balaban J connectivity index is 2.49. The van der Waals surface area contributed by atoms with Gasteiger partial charge in [-0.1, -0.05) is 0 Å². The predicted molar refractivity (Wildman–Crippen MR) is 36.6 cm³/mol. The van der Waals surface area contributed by atoms with Crippen molar-refractivity contribution < 1.29 is 9.59 Å². The minimum Gasteiger partial charge on any atom is -0.307 e. The smallest absolute Gasteiger partial charge is 0.137 e. The van der Waals surface area contributed by atoms with Crippen molar-refractivity contribution >= 4 is 12.6 Å². The van der Waals surface area contributed by atoms with E-state index in [4.69, 9.17) is 0 Å². The van der Waals surface area contributed by atoms with Gasteiger partial charge in [-0.3, -0.25) is 0 Å². The summed E-state index contributed by atoms with van der Waals surface area (Å²) >= 11 is 0. The maximum Gasteiger partial charge on any atom is 0.137 e. The summed E-state index contributed by atoms with van der Waals surface area (Å²) in [6.45, 7) is 0.855. The number of rotatable bonds is 2. The fraction of sp³-hybridized carbons (Fsp3) is 0.714. The molecule has 3 nitrogen and oxygen atoms in total. The highest BCUT2D eigenvalue weighted by molar-refractivity contribution is 5.68. The van der Waals surface area contributed by atoms with Crippen molar-refractivity contribution in [3.05, 3.63) is 0 Å². The zero-order valence-electron chi connectivity index (χ0n) is 5.75. The number of hydrogen-bond acceptors (Lipinski definition) is 3. The number of carbonyl (C=O) groups is 2. The molecule has 0 aliphatic carbocycles. The first kappa shape index (κ1) is 7.41. The van der Waals surface area contributed by atoms with Crippen molar-refractivity contribution in [2.24, 2.45) is 5.92 Å². The van der Waals surface area contributed by atoms with Gasteiger partial charge >= 0.3 is 0 Å². The molecule has 0 amide bonds. The van der Waals surface area contributed by atoms with Crippen LogP contribution in [-0.4, -0.2) is 25.2 Å². The lowest BCUT2D eigenvalue weighted by Crippen LogP contribution is -2.42. The fourth-order valence-electron chi connectivity index (χ4n) is 1.24. The van der Waals surface area contributed by atoms with Gasteiger partial charge in [-0.15, -0.1) is 0 Å². The highest BCUT2D eigenvalue weighted by Crippen LogP contribution is 2.11. The summed E-state index contributed by atoms with van der Waals surface area (Å²) in [6, 6.07) is -0.230. The van der Waals surface area contributed by atoms with Gasteiger partial charge in [0.25, 0.3) is 0 Å². The molecule has 1 saturated heterocycles. The zero-order valence-corrected chi connectivity index (χ0v) is 5.75. The molecule has 0 bridgehead atoms. The molecule has 1 aliphatic heterocycles. The van der Waals surface area contributed by atoms with Gasteiger partial charge in [0.2, 0.25) is 0 Å². The molecule has 56 valence electrons. The van der Waals surface area contributed by atoms with Crippen LogP contribution in [0.3, 0.4) is 0 Å². The Morgan fingerprint density at radius 3 is 2.60 bits per heavy atom. The number of aldehydes is 2. The van der Waals surface area contributed by atoms with Crippen molar-refractivity contribution in [1.29, 1.82) is 0 Å². The Morgan fingerprint density at radius 1 is 1.30 bits per heavy atom. The average molecular weight is 141 g/mol. The Labute approximate surface area is 59.8 Å². The van der Waals surface area contributed by atoms with E-state index >= 15 is 0 Å². The van der Waals surface area contributed by atoms with Gasteiger partial charge in [-0.2, -0.15) is 0 Å². The van der Waals surface area contributed by atoms with E-state index in [1.54, 1.807) is 0 Å². The van der Waals surface area contributed by atoms with Crippen molar-refractivity contribution in [2.75, 3.05) is 6.54 Å². The third kappa shape index (κ3) is 1.42. The first-order chi connectivity index (χ1) is 4.88. The first-order valence-electron chi connectivity index (χ1n) is 3.52. The Bertz CT molecular complexity index is 120. The molecule has 1 fully saturated rings. The maximum absolute atomic E-state index is 10.3. The van der Waals surface area contributed by atoms with E-state index in [0.29, 0.717) is 0 Å². The van der Waals surface area contributed by atoms with Crippen LogP contribution >= 0.6 is 0 Å². The number of hydrogen-bond donors (Lipinski definition) is 1. The van der Waals surface area contributed by atoms with Crippen LogP contribution in [0.4, 0.5) is 0 Å². The fourth-order valence-corrected chi connectivity index (χ4v) is 1.24. The molecule has 0 radical (unpaired) electrons. The minimum atomic E-state index is -0.230. The van der Waals surface area contributed by atoms with E-state index in [0.717, 1.165) is 32.0 Å². The van der Waals surface area contributed by atoms with Crippen LogP contribution in [0.1, 0.15) is 12.8 Å². The van der Waals surface area contributed by atoms with Gasteiger partial charge in [0.1, 0.15) is 12.6 Å². The van der Waals surface area contributed by atoms with E-state index in [2.05, 4.69) is 5.32 Å². The average Bonchev–Trinajstić information content (AvgIpc) is 2.04. The van der Waals surface area contributed by atoms with Crippen LogP contribution in [0.15, 0.2) is 0 Å². The van der Waals surface area contributed by atoms with Gasteiger partial charge in [0.05, 0.1) is 6.04 Å². The quantitative estimate of drug-likeness (QED) is 0.539. The summed E-state index contributed by atoms with van der Waals surface area (Å²) in [5, 5.41) is 2.97. The van der Waals surface area contributed by atoms with E-state index in [1.165, 1.54) is 0 Å². The van der Waals surface area contributed by atoms with Crippen LogP contribution < -0.4 is 5.32 Å². The van der Waals surface area contributed by atoms with Gasteiger partial charge in [-0.25, -0.2) is 0 Å². The number of piperidine rings is 1. The third-order valence-corrected chi connectivity index (χ3v) is 1.88. The first-order valence-corrected chi connectivity index (χ1v) is 3.52. The van der Waals surface area contributed by atoms with Gasteiger partial charge < -0.3 is 14.9 Å². The summed E-state index contributed by atoms with van der Waals surface area (Å²) in [7, 11) is 0. The molecular weight excluding hydrogens is 130 g/mol. The Kier molecular flexibility index (Phi) is 2.57. The summed E-state index contributed by atoms with van der Waals surface area (Å²) in [6.07, 6.45) is 3.52. The van der Waals surface area contributed by atoms with E-state index < -0.39 is 0 Å². The minimum absolute atomic E-state index is 0.0914. The maximum atomic E-state index is 10.3. The van der Waals surface area contributed by atoms with Crippen LogP contribution in [0.5, 0.6) is 0 Å². The Hall–Kier alpha value is -0.700. The molecule has 3 heteroatoms. The molecular formula is C7H11NO2. The molecule has 0 saturated carbocycles. The molecule has 1 N–H and O–H groups in total. The van der Waals surface area contributed by atoms with Crippen molar-refractivity contribution in [3.8, 4) is 0 Å². The monoisotopic (exact) mass is 141 g/mol. The topological polar surface area (TPSA) is 46.2 Å². The van der Waals surface area contributed by atoms with Gasteiger partial charge in [-0.05, 0) is 19.4 Å². The second-order valence-corrected chi connectivity index (χ2v) is 2.56. The zero-order chi connectivity index (χ0) is 7.40. The van der Waals surface area contributed by atoms with Gasteiger partial charge in [0, 0.05) is 5.92 Å². The van der Waals surface area contributed by atoms with Crippen LogP contribution in [-0.2, 0) is 9.59 Å². The lowest BCUT2D eigenvalue weighted by molar-refractivity contribution is -0.118. The lowest BCUT2D eigenvalue weighted by Gasteiger charge is -2.23. The van der Waals surface area contributed by atoms with E-state index in [-0.39, 0.29) is 12.0 Å². The molecule has 0 aromatic rings. The van der Waals surface area contributed by atoms with Crippen LogP contribution in [0.2, 0.25) is 0 Å². The number of nitrogens with one attached hydrogen (secondary N) is 1. The second kappa shape index (κ2) is 3.46. The summed E-state index contributed by atoms with van der Waals surface area (Å²) < 4.78 is 0. The molecule has 2 atom stereocenters. The predicted octanol–water partition coefficient (Wildman–Crippen LogP) is -0.248.